The van der Waals surface area contributed by atoms with Crippen molar-refractivity contribution in [3.8, 4) is 0 Å². The number of hydrogen-bond acceptors (Lipinski definition) is 1. The van der Waals surface area contributed by atoms with Crippen LogP contribution in [0.25, 0.3) is 0 Å². The molecule has 0 saturated carbocycles. The predicted octanol–water partition coefficient (Wildman–Crippen LogP) is 3.75. The molecular weight excluding hydrogens is 284 g/mol. The minimum absolute atomic E-state index is 0. The summed E-state index contributed by atoms with van der Waals surface area (Å²) in [6, 6.07) is 0.163. The van der Waals surface area contributed by atoms with Gasteiger partial charge < -0.3 is 5.73 Å². The Bertz CT molecular complexity index is 417. The zero-order valence-corrected chi connectivity index (χ0v) is 9.88. The van der Waals surface area contributed by atoms with Gasteiger partial charge in [0.2, 0.25) is 0 Å². The number of benzene rings is 1. The highest BCUT2D eigenvalue weighted by atomic mass is 35.5. The van der Waals surface area contributed by atoms with E-state index in [9.17, 15) is 26.3 Å². The third-order valence-corrected chi connectivity index (χ3v) is 2.26. The zero-order valence-electron chi connectivity index (χ0n) is 9.06. The Kier molecular flexibility index (Phi) is 5.07. The lowest BCUT2D eigenvalue weighted by Gasteiger charge is -2.26. The highest BCUT2D eigenvalue weighted by molar-refractivity contribution is 5.85. The monoisotopic (exact) mass is 293 g/mol. The second-order valence-electron chi connectivity index (χ2n) is 3.62. The second-order valence-corrected chi connectivity index (χ2v) is 3.62. The summed E-state index contributed by atoms with van der Waals surface area (Å²) in [6.45, 7) is 1.43. The lowest BCUT2D eigenvalue weighted by Crippen LogP contribution is -2.46. The van der Waals surface area contributed by atoms with E-state index in [1.807, 2.05) is 0 Å². The van der Waals surface area contributed by atoms with Crippen LogP contribution in [0.15, 0.2) is 18.2 Å². The molecule has 0 aliphatic carbocycles. The molecule has 2 N–H and O–H groups in total. The van der Waals surface area contributed by atoms with Crippen LogP contribution in [0.2, 0.25) is 0 Å². The average Bonchev–Trinajstić information content (AvgIpc) is 2.19. The van der Waals surface area contributed by atoms with Gasteiger partial charge in [-0.25, -0.2) is 4.39 Å². The SMILES string of the molecule is Cc1ccc(F)c([C@H](N)C(F)(F)C(F)(F)F)c1.Cl. The molecule has 104 valence electrons. The van der Waals surface area contributed by atoms with Crippen molar-refractivity contribution in [2.24, 2.45) is 5.73 Å². The van der Waals surface area contributed by atoms with Gasteiger partial charge in [0.05, 0.1) is 0 Å². The van der Waals surface area contributed by atoms with Crippen LogP contribution < -0.4 is 5.73 Å². The Morgan fingerprint density at radius 2 is 1.61 bits per heavy atom. The number of hydrogen-bond donors (Lipinski definition) is 1. The van der Waals surface area contributed by atoms with E-state index >= 15 is 0 Å². The van der Waals surface area contributed by atoms with Gasteiger partial charge in [0, 0.05) is 5.56 Å². The Hall–Kier alpha value is -0.950. The molecule has 1 atom stereocenters. The molecule has 0 aromatic heterocycles. The topological polar surface area (TPSA) is 26.0 Å². The maximum absolute atomic E-state index is 13.2. The van der Waals surface area contributed by atoms with E-state index in [2.05, 4.69) is 0 Å². The Balaban J connectivity index is 0.00000289. The standard InChI is InChI=1S/C10H9F6N.ClH/c1-5-2-3-7(11)6(4-5)8(17)9(12,13)10(14,15)16;/h2-4,8H,17H2,1H3;1H/t8-;/m0./s1. The Morgan fingerprint density at radius 3 is 2.06 bits per heavy atom. The number of alkyl halides is 5. The fourth-order valence-electron chi connectivity index (χ4n) is 1.27. The zero-order chi connectivity index (χ0) is 13.4. The van der Waals surface area contributed by atoms with Crippen molar-refractivity contribution in [3.63, 3.8) is 0 Å². The maximum atomic E-state index is 13.2. The summed E-state index contributed by atoms with van der Waals surface area (Å²) in [5, 5.41) is 0. The minimum atomic E-state index is -5.82. The van der Waals surface area contributed by atoms with Gasteiger partial charge in [0.15, 0.2) is 0 Å². The molecule has 0 amide bonds. The molecule has 0 unspecified atom stereocenters. The fourth-order valence-corrected chi connectivity index (χ4v) is 1.27. The normalized spacial score (nSPS) is 14.0. The summed E-state index contributed by atoms with van der Waals surface area (Å²) in [4.78, 5) is 0. The van der Waals surface area contributed by atoms with Crippen LogP contribution in [-0.2, 0) is 0 Å². The first-order valence-electron chi connectivity index (χ1n) is 4.53. The molecule has 0 aliphatic heterocycles. The number of aryl methyl sites for hydroxylation is 1. The molecule has 1 nitrogen and oxygen atoms in total. The quantitative estimate of drug-likeness (QED) is 0.826. The predicted molar refractivity (Wildman–Crippen MR) is 56.3 cm³/mol. The largest absolute Gasteiger partial charge is 0.455 e. The van der Waals surface area contributed by atoms with Crippen LogP contribution in [-0.4, -0.2) is 12.1 Å². The van der Waals surface area contributed by atoms with Gasteiger partial charge in [-0.1, -0.05) is 17.7 Å². The highest BCUT2D eigenvalue weighted by Crippen LogP contribution is 2.43. The lowest BCUT2D eigenvalue weighted by molar-refractivity contribution is -0.291. The van der Waals surface area contributed by atoms with Crippen LogP contribution in [0.3, 0.4) is 0 Å². The third-order valence-electron chi connectivity index (χ3n) is 2.26. The van der Waals surface area contributed by atoms with Crippen LogP contribution in [0, 0.1) is 12.7 Å². The third kappa shape index (κ3) is 3.08. The molecule has 1 rings (SSSR count). The Labute approximate surface area is 105 Å². The molecule has 0 heterocycles. The summed E-state index contributed by atoms with van der Waals surface area (Å²) >= 11 is 0. The van der Waals surface area contributed by atoms with E-state index in [-0.39, 0.29) is 12.4 Å². The van der Waals surface area contributed by atoms with Gasteiger partial charge >= 0.3 is 12.1 Å². The smallest absolute Gasteiger partial charge is 0.319 e. The summed E-state index contributed by atoms with van der Waals surface area (Å²) in [5.41, 5.74) is 4.31. The molecule has 0 bridgehead atoms. The summed E-state index contributed by atoms with van der Waals surface area (Å²) in [7, 11) is 0. The second kappa shape index (κ2) is 5.36. The molecule has 0 radical (unpaired) electrons. The van der Waals surface area contributed by atoms with Gasteiger partial charge in [-0.15, -0.1) is 12.4 Å². The van der Waals surface area contributed by atoms with Gasteiger partial charge in [0.1, 0.15) is 11.9 Å². The summed E-state index contributed by atoms with van der Waals surface area (Å²) < 4.78 is 75.1. The number of rotatable bonds is 2. The first-order chi connectivity index (χ1) is 7.57. The van der Waals surface area contributed by atoms with Crippen molar-refractivity contribution >= 4 is 12.4 Å². The molecule has 0 saturated heterocycles. The molecule has 1 aromatic rings. The molecular formula is C10H10ClF6N. The highest BCUT2D eigenvalue weighted by Gasteiger charge is 2.62. The summed E-state index contributed by atoms with van der Waals surface area (Å²) in [5.74, 6) is -6.37. The number of halogens is 7. The first-order valence-corrected chi connectivity index (χ1v) is 4.53. The molecule has 0 aliphatic rings. The number of nitrogens with two attached hydrogens (primary N) is 1. The van der Waals surface area contributed by atoms with Crippen LogP contribution in [0.5, 0.6) is 0 Å². The van der Waals surface area contributed by atoms with Crippen molar-refractivity contribution in [2.75, 3.05) is 0 Å². The van der Waals surface area contributed by atoms with E-state index in [1.165, 1.54) is 13.0 Å². The minimum Gasteiger partial charge on any atom is -0.319 e. The van der Waals surface area contributed by atoms with E-state index < -0.39 is 29.5 Å². The molecule has 0 spiro atoms. The molecule has 18 heavy (non-hydrogen) atoms. The van der Waals surface area contributed by atoms with Gasteiger partial charge in [-0.2, -0.15) is 22.0 Å². The Morgan fingerprint density at radius 1 is 1.11 bits per heavy atom. The van der Waals surface area contributed by atoms with Crippen molar-refractivity contribution in [2.45, 2.75) is 25.1 Å². The van der Waals surface area contributed by atoms with E-state index in [0.717, 1.165) is 12.1 Å². The van der Waals surface area contributed by atoms with Crippen molar-refractivity contribution in [1.29, 1.82) is 0 Å². The van der Waals surface area contributed by atoms with Gasteiger partial charge in [-0.05, 0) is 13.0 Å². The van der Waals surface area contributed by atoms with Crippen molar-refractivity contribution in [3.05, 3.63) is 35.1 Å². The van der Waals surface area contributed by atoms with Crippen LogP contribution in [0.4, 0.5) is 26.3 Å². The summed E-state index contributed by atoms with van der Waals surface area (Å²) in [6.07, 6.45) is -5.82. The van der Waals surface area contributed by atoms with Gasteiger partial charge in [-0.3, -0.25) is 0 Å². The fraction of sp³-hybridized carbons (Fsp3) is 0.400. The van der Waals surface area contributed by atoms with E-state index in [4.69, 9.17) is 5.73 Å². The average molecular weight is 294 g/mol. The maximum Gasteiger partial charge on any atom is 0.455 e. The molecule has 1 aromatic carbocycles. The van der Waals surface area contributed by atoms with E-state index in [1.54, 1.807) is 0 Å². The molecule has 0 fully saturated rings. The van der Waals surface area contributed by atoms with Crippen molar-refractivity contribution in [1.82, 2.24) is 0 Å². The molecule has 8 heteroatoms. The van der Waals surface area contributed by atoms with Gasteiger partial charge in [0.25, 0.3) is 0 Å². The lowest BCUT2D eigenvalue weighted by atomic mass is 9.99. The van der Waals surface area contributed by atoms with Crippen LogP contribution >= 0.6 is 12.4 Å². The van der Waals surface area contributed by atoms with Crippen molar-refractivity contribution < 1.29 is 26.3 Å². The van der Waals surface area contributed by atoms with E-state index in [0.29, 0.717) is 5.56 Å². The van der Waals surface area contributed by atoms with Crippen LogP contribution in [0.1, 0.15) is 17.2 Å². The first kappa shape index (κ1) is 17.1.